The Morgan fingerprint density at radius 3 is 2.60 bits per heavy atom. The van der Waals surface area contributed by atoms with Crippen LogP contribution in [0.25, 0.3) is 0 Å². The molecule has 4 atom stereocenters. The van der Waals surface area contributed by atoms with Gasteiger partial charge in [0.1, 0.15) is 0 Å². The number of hydrogen-bond acceptors (Lipinski definition) is 3. The quantitative estimate of drug-likeness (QED) is 0.918. The summed E-state index contributed by atoms with van der Waals surface area (Å²) in [6.45, 7) is 2.48. The molecule has 4 rings (SSSR count). The molecule has 1 saturated carbocycles. The number of piperidine rings is 1. The van der Waals surface area contributed by atoms with Crippen molar-refractivity contribution < 1.29 is 14.6 Å². The van der Waals surface area contributed by atoms with E-state index in [4.69, 9.17) is 4.74 Å². The summed E-state index contributed by atoms with van der Waals surface area (Å²) in [5.74, 6) is 1.15. The maximum Gasteiger partial charge on any atom is 0.223 e. The van der Waals surface area contributed by atoms with Crippen LogP contribution in [0.15, 0.2) is 30.3 Å². The molecule has 1 aromatic carbocycles. The number of hydrogen-bond donors (Lipinski definition) is 1. The van der Waals surface area contributed by atoms with Crippen LogP contribution < -0.4 is 0 Å². The smallest absolute Gasteiger partial charge is 0.223 e. The third-order valence-corrected chi connectivity index (χ3v) is 6.49. The van der Waals surface area contributed by atoms with Crippen LogP contribution in [0.1, 0.15) is 50.0 Å². The minimum absolute atomic E-state index is 0.153. The standard InChI is InChI=1S/C21H29NO3/c23-19-8-4-7-18-21(19)17(16-5-2-1-3-6-16)13-20(24)22(18)14-15-9-11-25-12-10-15/h1-3,5-6,15,17-19,21,23H,4,7-14H2/t17-,18-,19+,21-/m1/s1. The normalized spacial score (nSPS) is 34.0. The fourth-order valence-electron chi connectivity index (χ4n) is 5.19. The molecule has 0 radical (unpaired) electrons. The van der Waals surface area contributed by atoms with Gasteiger partial charge in [-0.25, -0.2) is 0 Å². The maximum atomic E-state index is 13.0. The number of likely N-dealkylation sites (tertiary alicyclic amines) is 1. The largest absolute Gasteiger partial charge is 0.393 e. The first-order chi connectivity index (χ1) is 12.2. The minimum atomic E-state index is -0.297. The van der Waals surface area contributed by atoms with Gasteiger partial charge in [-0.1, -0.05) is 30.3 Å². The molecule has 4 heteroatoms. The molecule has 4 nitrogen and oxygen atoms in total. The molecule has 1 aromatic rings. The number of aliphatic hydroxyl groups is 1. The highest BCUT2D eigenvalue weighted by Crippen LogP contribution is 2.45. The summed E-state index contributed by atoms with van der Waals surface area (Å²) in [5.41, 5.74) is 1.21. The molecule has 3 aliphatic rings. The van der Waals surface area contributed by atoms with Gasteiger partial charge >= 0.3 is 0 Å². The van der Waals surface area contributed by atoms with Crippen molar-refractivity contribution in [1.29, 1.82) is 0 Å². The van der Waals surface area contributed by atoms with Crippen LogP contribution in [-0.2, 0) is 9.53 Å². The van der Waals surface area contributed by atoms with Crippen LogP contribution in [0.2, 0.25) is 0 Å². The number of amides is 1. The van der Waals surface area contributed by atoms with Gasteiger partial charge in [-0.15, -0.1) is 0 Å². The zero-order chi connectivity index (χ0) is 17.2. The lowest BCUT2D eigenvalue weighted by molar-refractivity contribution is -0.147. The van der Waals surface area contributed by atoms with Crippen molar-refractivity contribution >= 4 is 5.91 Å². The van der Waals surface area contributed by atoms with Gasteiger partial charge in [-0.3, -0.25) is 4.79 Å². The molecular formula is C21H29NO3. The van der Waals surface area contributed by atoms with E-state index >= 15 is 0 Å². The highest BCUT2D eigenvalue weighted by molar-refractivity contribution is 5.79. The molecule has 0 bridgehead atoms. The van der Waals surface area contributed by atoms with Crippen LogP contribution in [0.5, 0.6) is 0 Å². The van der Waals surface area contributed by atoms with E-state index < -0.39 is 0 Å². The summed E-state index contributed by atoms with van der Waals surface area (Å²) in [5, 5.41) is 10.8. The van der Waals surface area contributed by atoms with Gasteiger partial charge in [-0.2, -0.15) is 0 Å². The molecule has 0 spiro atoms. The topological polar surface area (TPSA) is 49.8 Å². The van der Waals surface area contributed by atoms with E-state index in [1.165, 1.54) is 5.56 Å². The predicted molar refractivity (Wildman–Crippen MR) is 96.2 cm³/mol. The molecule has 2 aliphatic heterocycles. The van der Waals surface area contributed by atoms with E-state index in [0.29, 0.717) is 12.3 Å². The number of nitrogens with zero attached hydrogens (tertiary/aromatic N) is 1. The molecule has 3 fully saturated rings. The summed E-state index contributed by atoms with van der Waals surface area (Å²) >= 11 is 0. The number of benzene rings is 1. The number of rotatable bonds is 3. The second-order valence-corrected chi connectivity index (χ2v) is 7.97. The first-order valence-electron chi connectivity index (χ1n) is 9.84. The van der Waals surface area contributed by atoms with Gasteiger partial charge in [0.2, 0.25) is 5.91 Å². The minimum Gasteiger partial charge on any atom is -0.393 e. The van der Waals surface area contributed by atoms with Gasteiger partial charge in [0.25, 0.3) is 0 Å². The second-order valence-electron chi connectivity index (χ2n) is 7.97. The van der Waals surface area contributed by atoms with Crippen molar-refractivity contribution in [1.82, 2.24) is 4.90 Å². The van der Waals surface area contributed by atoms with Gasteiger partial charge < -0.3 is 14.7 Å². The predicted octanol–water partition coefficient (Wildman–Crippen LogP) is 2.96. The van der Waals surface area contributed by atoms with Crippen LogP contribution >= 0.6 is 0 Å². The monoisotopic (exact) mass is 343 g/mol. The third-order valence-electron chi connectivity index (χ3n) is 6.49. The fourth-order valence-corrected chi connectivity index (χ4v) is 5.19. The SMILES string of the molecule is O=C1C[C@H](c2ccccc2)[C@@H]2[C@@H](CCC[C@@H]2O)N1CC1CCOCC1. The van der Waals surface area contributed by atoms with Crippen molar-refractivity contribution in [3.05, 3.63) is 35.9 Å². The molecule has 2 saturated heterocycles. The first kappa shape index (κ1) is 17.0. The van der Waals surface area contributed by atoms with Crippen LogP contribution in [0.3, 0.4) is 0 Å². The van der Waals surface area contributed by atoms with Crippen LogP contribution in [-0.4, -0.2) is 47.8 Å². The third kappa shape index (κ3) is 3.47. The number of aliphatic hydroxyl groups excluding tert-OH is 1. The van der Waals surface area contributed by atoms with Crippen molar-refractivity contribution in [3.63, 3.8) is 0 Å². The van der Waals surface area contributed by atoms with Gasteiger partial charge in [-0.05, 0) is 49.5 Å². The van der Waals surface area contributed by atoms with Gasteiger partial charge in [0, 0.05) is 38.1 Å². The lowest BCUT2D eigenvalue weighted by Gasteiger charge is -2.50. The van der Waals surface area contributed by atoms with Crippen molar-refractivity contribution in [2.45, 2.75) is 56.6 Å². The summed E-state index contributed by atoms with van der Waals surface area (Å²) in [7, 11) is 0. The van der Waals surface area contributed by atoms with E-state index in [1.54, 1.807) is 0 Å². The number of carbonyl (C=O) groups excluding carboxylic acids is 1. The molecular weight excluding hydrogens is 314 g/mol. The Bertz CT molecular complexity index is 584. The Labute approximate surface area is 150 Å². The van der Waals surface area contributed by atoms with Gasteiger partial charge in [0.05, 0.1) is 6.10 Å². The second kappa shape index (κ2) is 7.46. The van der Waals surface area contributed by atoms with E-state index in [-0.39, 0.29) is 29.9 Å². The average molecular weight is 343 g/mol. The Morgan fingerprint density at radius 1 is 1.08 bits per heavy atom. The van der Waals surface area contributed by atoms with Gasteiger partial charge in [0.15, 0.2) is 0 Å². The molecule has 25 heavy (non-hydrogen) atoms. The number of fused-ring (bicyclic) bond motifs is 1. The maximum absolute atomic E-state index is 13.0. The highest BCUT2D eigenvalue weighted by atomic mass is 16.5. The summed E-state index contributed by atoms with van der Waals surface area (Å²) < 4.78 is 5.47. The van der Waals surface area contributed by atoms with Crippen LogP contribution in [0, 0.1) is 11.8 Å². The Hall–Kier alpha value is -1.39. The summed E-state index contributed by atoms with van der Waals surface area (Å²) in [6, 6.07) is 10.5. The van der Waals surface area contributed by atoms with E-state index in [2.05, 4.69) is 17.0 Å². The number of ether oxygens (including phenoxy) is 1. The average Bonchev–Trinajstić information content (AvgIpc) is 2.65. The molecule has 0 aromatic heterocycles. The van der Waals surface area contributed by atoms with Crippen molar-refractivity contribution in [2.24, 2.45) is 11.8 Å². The lowest BCUT2D eigenvalue weighted by atomic mass is 9.67. The van der Waals surface area contributed by atoms with E-state index in [0.717, 1.165) is 51.9 Å². The molecule has 136 valence electrons. The Morgan fingerprint density at radius 2 is 1.84 bits per heavy atom. The Kier molecular flexibility index (Phi) is 5.09. The fraction of sp³-hybridized carbons (Fsp3) is 0.667. The van der Waals surface area contributed by atoms with E-state index in [1.807, 2.05) is 18.2 Å². The molecule has 1 amide bonds. The summed E-state index contributed by atoms with van der Waals surface area (Å²) in [6.07, 6.45) is 5.24. The molecule has 2 heterocycles. The molecule has 1 aliphatic carbocycles. The molecule has 0 unspecified atom stereocenters. The first-order valence-corrected chi connectivity index (χ1v) is 9.84. The van der Waals surface area contributed by atoms with Crippen molar-refractivity contribution in [3.8, 4) is 0 Å². The van der Waals surface area contributed by atoms with Crippen LogP contribution in [0.4, 0.5) is 0 Å². The van der Waals surface area contributed by atoms with E-state index in [9.17, 15) is 9.90 Å². The highest BCUT2D eigenvalue weighted by Gasteiger charge is 2.47. The lowest BCUT2D eigenvalue weighted by Crippen LogP contribution is -2.57. The zero-order valence-corrected chi connectivity index (χ0v) is 14.8. The zero-order valence-electron chi connectivity index (χ0n) is 14.8. The van der Waals surface area contributed by atoms with Crippen molar-refractivity contribution in [2.75, 3.05) is 19.8 Å². The molecule has 1 N–H and O–H groups in total. The number of carbonyl (C=O) groups is 1. The summed E-state index contributed by atoms with van der Waals surface area (Å²) in [4.78, 5) is 15.2. The Balaban J connectivity index is 1.58.